The van der Waals surface area contributed by atoms with E-state index in [-0.39, 0.29) is 12.2 Å². The van der Waals surface area contributed by atoms with Gasteiger partial charge in [-0.05, 0) is 38.5 Å². The number of halogens is 1. The highest BCUT2D eigenvalue weighted by Gasteiger charge is 2.31. The van der Waals surface area contributed by atoms with Gasteiger partial charge in [0.05, 0.1) is 22.9 Å². The third kappa shape index (κ3) is 5.78. The highest BCUT2D eigenvalue weighted by Crippen LogP contribution is 2.19. The van der Waals surface area contributed by atoms with Crippen LogP contribution in [0.2, 0.25) is 0 Å². The van der Waals surface area contributed by atoms with Crippen LogP contribution in [0, 0.1) is 0 Å². The van der Waals surface area contributed by atoms with Crippen LogP contribution < -0.4 is 0 Å². The van der Waals surface area contributed by atoms with E-state index < -0.39 is 23.7 Å². The predicted octanol–water partition coefficient (Wildman–Crippen LogP) is 2.98. The summed E-state index contributed by atoms with van der Waals surface area (Å²) in [5.74, 6) is -1.02. The highest BCUT2D eigenvalue weighted by atomic mass is 127. The summed E-state index contributed by atoms with van der Waals surface area (Å²) in [6.45, 7) is 5.14. The van der Waals surface area contributed by atoms with E-state index in [1.54, 1.807) is 55.8 Å². The number of hydrogen-bond donors (Lipinski definition) is 2. The van der Waals surface area contributed by atoms with E-state index in [0.717, 1.165) is 3.11 Å². The van der Waals surface area contributed by atoms with E-state index in [0.29, 0.717) is 5.56 Å². The molecule has 0 saturated carbocycles. The molecule has 0 fully saturated rings. The average Bonchev–Trinajstić information content (AvgIpc) is 2.34. The molecule has 6 nitrogen and oxygen atoms in total. The monoisotopic (exact) mass is 407 g/mol. The highest BCUT2D eigenvalue weighted by molar-refractivity contribution is 14.1. The number of carbonyl (C=O) groups excluding carboxylic acids is 1. The lowest BCUT2D eigenvalue weighted by Crippen LogP contribution is -2.42. The molecule has 0 spiro atoms. The second-order valence-corrected chi connectivity index (χ2v) is 6.56. The van der Waals surface area contributed by atoms with E-state index in [4.69, 9.17) is 4.74 Å². The molecule has 0 aliphatic carbocycles. The van der Waals surface area contributed by atoms with Crippen LogP contribution in [0.1, 0.15) is 26.3 Å². The van der Waals surface area contributed by atoms with Gasteiger partial charge in [-0.2, -0.15) is 0 Å². The molecule has 0 unspecified atom stereocenters. The van der Waals surface area contributed by atoms with E-state index in [9.17, 15) is 19.8 Å². The molecule has 1 rings (SSSR count). The maximum absolute atomic E-state index is 11.9. The lowest BCUT2D eigenvalue weighted by Gasteiger charge is -2.27. The first kappa shape index (κ1) is 17.5. The Morgan fingerprint density at radius 1 is 1.29 bits per heavy atom. The molecule has 0 heterocycles. The number of nitrogens with zero attached hydrogens (tertiary/aromatic N) is 1. The van der Waals surface area contributed by atoms with Gasteiger partial charge in [0.1, 0.15) is 17.4 Å². The van der Waals surface area contributed by atoms with Crippen molar-refractivity contribution in [2.75, 3.05) is 0 Å². The zero-order valence-corrected chi connectivity index (χ0v) is 14.2. The number of carbonyl (C=O) groups is 2. The Balaban J connectivity index is 2.83. The summed E-state index contributed by atoms with van der Waals surface area (Å²) in [4.78, 5) is 23.3. The molecule has 1 aromatic carbocycles. The number of phenols is 1. The molecule has 1 atom stereocenters. The first-order chi connectivity index (χ1) is 9.60. The lowest BCUT2D eigenvalue weighted by molar-refractivity contribution is -0.140. The number of ether oxygens (including phenoxy) is 1. The summed E-state index contributed by atoms with van der Waals surface area (Å²) in [7, 11) is 0. The van der Waals surface area contributed by atoms with Crippen LogP contribution in [0.25, 0.3) is 0 Å². The second kappa shape index (κ2) is 6.97. The first-order valence-electron chi connectivity index (χ1n) is 6.29. The fraction of sp³-hybridized carbons (Fsp3) is 0.429. The van der Waals surface area contributed by atoms with Crippen LogP contribution in [0.15, 0.2) is 24.3 Å². The number of amides is 1. The SMILES string of the molecule is CC(C)(C)OC(=O)N(I)[C@H](Cc1ccc(O)cc1)C(=O)O. The standard InChI is InChI=1S/C14H18INO5/c1-14(2,3)21-13(20)16(15)11(12(18)19)8-9-4-6-10(17)7-5-9/h4-7,11,17H,8H2,1-3H3,(H,18,19)/t11-/m1/s1. The lowest BCUT2D eigenvalue weighted by atomic mass is 10.1. The molecule has 0 bridgehead atoms. The fourth-order valence-corrected chi connectivity index (χ4v) is 2.09. The van der Waals surface area contributed by atoms with Crippen LogP contribution >= 0.6 is 22.9 Å². The summed E-state index contributed by atoms with van der Waals surface area (Å²) in [6, 6.07) is 5.12. The van der Waals surface area contributed by atoms with Gasteiger partial charge in [0, 0.05) is 6.42 Å². The van der Waals surface area contributed by atoms with Gasteiger partial charge in [0.25, 0.3) is 0 Å². The Labute approximate surface area is 137 Å². The van der Waals surface area contributed by atoms with E-state index >= 15 is 0 Å². The smallest absolute Gasteiger partial charge is 0.419 e. The van der Waals surface area contributed by atoms with Crippen molar-refractivity contribution in [3.63, 3.8) is 0 Å². The van der Waals surface area contributed by atoms with Crippen molar-refractivity contribution in [2.24, 2.45) is 0 Å². The summed E-state index contributed by atoms with van der Waals surface area (Å²) in [5, 5.41) is 18.5. The number of aliphatic carboxylic acids is 1. The van der Waals surface area contributed by atoms with Crippen molar-refractivity contribution in [3.8, 4) is 5.75 Å². The minimum Gasteiger partial charge on any atom is -0.508 e. The third-order valence-corrected chi connectivity index (χ3v) is 3.56. The Morgan fingerprint density at radius 3 is 2.24 bits per heavy atom. The number of rotatable bonds is 4. The molecule has 1 aromatic rings. The van der Waals surface area contributed by atoms with Crippen LogP contribution in [0.4, 0.5) is 4.79 Å². The van der Waals surface area contributed by atoms with Crippen LogP contribution in [-0.4, -0.2) is 37.0 Å². The molecular weight excluding hydrogens is 389 g/mol. The Morgan fingerprint density at radius 2 is 1.81 bits per heavy atom. The molecule has 0 aliphatic rings. The number of phenolic OH excluding ortho intramolecular Hbond substituents is 1. The van der Waals surface area contributed by atoms with Crippen molar-refractivity contribution >= 4 is 34.9 Å². The van der Waals surface area contributed by atoms with Crippen LogP contribution in [0.5, 0.6) is 5.75 Å². The number of carboxylic acid groups (broad SMARTS) is 1. The van der Waals surface area contributed by atoms with Gasteiger partial charge >= 0.3 is 12.1 Å². The number of benzene rings is 1. The molecule has 0 aliphatic heterocycles. The number of carboxylic acids is 1. The van der Waals surface area contributed by atoms with Crippen molar-refractivity contribution in [1.29, 1.82) is 0 Å². The molecule has 116 valence electrons. The van der Waals surface area contributed by atoms with E-state index in [1.165, 1.54) is 12.1 Å². The maximum atomic E-state index is 11.9. The summed E-state index contributed by atoms with van der Waals surface area (Å²) in [5.41, 5.74) is 0.00710. The minimum absolute atomic E-state index is 0.101. The fourth-order valence-electron chi connectivity index (χ4n) is 1.55. The average molecular weight is 407 g/mol. The number of hydrogen-bond acceptors (Lipinski definition) is 4. The molecule has 1 amide bonds. The molecule has 0 radical (unpaired) electrons. The normalized spacial score (nSPS) is 12.6. The molecule has 21 heavy (non-hydrogen) atoms. The maximum Gasteiger partial charge on any atom is 0.419 e. The van der Waals surface area contributed by atoms with Gasteiger partial charge in [0.2, 0.25) is 0 Å². The second-order valence-electron chi connectivity index (χ2n) is 5.52. The Kier molecular flexibility index (Phi) is 5.82. The zero-order valence-electron chi connectivity index (χ0n) is 12.0. The van der Waals surface area contributed by atoms with Crippen LogP contribution in [0.3, 0.4) is 0 Å². The predicted molar refractivity (Wildman–Crippen MR) is 85.3 cm³/mol. The first-order valence-corrected chi connectivity index (χ1v) is 7.25. The van der Waals surface area contributed by atoms with Gasteiger partial charge in [0.15, 0.2) is 0 Å². The molecular formula is C14H18INO5. The van der Waals surface area contributed by atoms with Crippen molar-refractivity contribution in [2.45, 2.75) is 38.8 Å². The van der Waals surface area contributed by atoms with Crippen molar-refractivity contribution < 1.29 is 24.5 Å². The zero-order chi connectivity index (χ0) is 16.2. The van der Waals surface area contributed by atoms with Crippen LogP contribution in [-0.2, 0) is 16.0 Å². The molecule has 7 heteroatoms. The largest absolute Gasteiger partial charge is 0.508 e. The topological polar surface area (TPSA) is 87.1 Å². The minimum atomic E-state index is -1.12. The van der Waals surface area contributed by atoms with Crippen molar-refractivity contribution in [1.82, 2.24) is 3.11 Å². The Hall–Kier alpha value is -1.51. The van der Waals surface area contributed by atoms with Gasteiger partial charge in [-0.25, -0.2) is 12.7 Å². The van der Waals surface area contributed by atoms with Gasteiger partial charge < -0.3 is 14.9 Å². The molecule has 0 saturated heterocycles. The Bertz CT molecular complexity index is 509. The molecule has 2 N–H and O–H groups in total. The van der Waals surface area contributed by atoms with E-state index in [2.05, 4.69) is 0 Å². The summed E-state index contributed by atoms with van der Waals surface area (Å²) >= 11 is 1.65. The van der Waals surface area contributed by atoms with E-state index in [1.807, 2.05) is 0 Å². The quantitative estimate of drug-likeness (QED) is 0.592. The number of aromatic hydroxyl groups is 1. The summed E-state index contributed by atoms with van der Waals surface area (Å²) < 4.78 is 6.20. The third-order valence-electron chi connectivity index (χ3n) is 2.49. The van der Waals surface area contributed by atoms with Gasteiger partial charge in [-0.3, -0.25) is 0 Å². The van der Waals surface area contributed by atoms with Crippen molar-refractivity contribution in [3.05, 3.63) is 29.8 Å². The van der Waals surface area contributed by atoms with Gasteiger partial charge in [-0.1, -0.05) is 12.1 Å². The van der Waals surface area contributed by atoms with Gasteiger partial charge in [-0.15, -0.1) is 0 Å². The molecule has 0 aromatic heterocycles. The summed E-state index contributed by atoms with van der Waals surface area (Å²) in [6.07, 6.45) is -0.577.